The van der Waals surface area contributed by atoms with E-state index in [0.29, 0.717) is 38.6 Å². The molecule has 0 aromatic carbocycles. The molecular weight excluding hydrogens is 345 g/mol. The van der Waals surface area contributed by atoms with Crippen LogP contribution in [-0.2, 0) is 6.54 Å². The SMILES string of the molecule is CCNC(=NCCCn1nc(C)cc1C)NC1CCN(CC(F)(F)F)C1. The number of aromatic nitrogens is 2. The van der Waals surface area contributed by atoms with Gasteiger partial charge in [-0.3, -0.25) is 14.6 Å². The number of nitrogens with zero attached hydrogens (tertiary/aromatic N) is 4. The normalized spacial score (nSPS) is 19.2. The summed E-state index contributed by atoms with van der Waals surface area (Å²) in [5.74, 6) is 0.666. The molecule has 2 heterocycles. The van der Waals surface area contributed by atoms with E-state index in [0.717, 1.165) is 24.4 Å². The Balaban J connectivity index is 1.78. The van der Waals surface area contributed by atoms with Crippen LogP contribution in [0.2, 0.25) is 0 Å². The Morgan fingerprint density at radius 1 is 1.38 bits per heavy atom. The highest BCUT2D eigenvalue weighted by Crippen LogP contribution is 2.19. The van der Waals surface area contributed by atoms with Gasteiger partial charge in [-0.2, -0.15) is 18.3 Å². The Hall–Kier alpha value is -1.77. The van der Waals surface area contributed by atoms with Gasteiger partial charge in [0.15, 0.2) is 5.96 Å². The highest BCUT2D eigenvalue weighted by molar-refractivity contribution is 5.80. The number of nitrogens with one attached hydrogen (secondary N) is 2. The standard InChI is InChI=1S/C17H29F3N6/c1-4-21-16(22-7-5-8-26-14(3)10-13(2)24-26)23-15-6-9-25(11-15)12-17(18,19)20/h10,15H,4-9,11-12H2,1-3H3,(H2,21,22,23). The van der Waals surface area contributed by atoms with E-state index in [1.165, 1.54) is 4.90 Å². The van der Waals surface area contributed by atoms with Gasteiger partial charge < -0.3 is 10.6 Å². The molecule has 0 radical (unpaired) electrons. The lowest BCUT2D eigenvalue weighted by Crippen LogP contribution is -2.45. The third kappa shape index (κ3) is 6.86. The fourth-order valence-corrected chi connectivity index (χ4v) is 3.17. The molecule has 0 spiro atoms. The maximum atomic E-state index is 12.5. The van der Waals surface area contributed by atoms with Crippen LogP contribution in [0.5, 0.6) is 0 Å². The summed E-state index contributed by atoms with van der Waals surface area (Å²) in [6.45, 7) is 8.10. The lowest BCUT2D eigenvalue weighted by Gasteiger charge is -2.19. The number of alkyl halides is 3. The number of hydrogen-bond donors (Lipinski definition) is 2. The minimum Gasteiger partial charge on any atom is -0.357 e. The molecule has 0 aliphatic carbocycles. The number of aliphatic imine (C=N–C) groups is 1. The number of halogens is 3. The molecule has 1 aromatic rings. The highest BCUT2D eigenvalue weighted by atomic mass is 19.4. The van der Waals surface area contributed by atoms with Crippen molar-refractivity contribution >= 4 is 5.96 Å². The van der Waals surface area contributed by atoms with Crippen LogP contribution < -0.4 is 10.6 Å². The third-order valence-corrected chi connectivity index (χ3v) is 4.26. The van der Waals surface area contributed by atoms with Gasteiger partial charge >= 0.3 is 6.18 Å². The smallest absolute Gasteiger partial charge is 0.357 e. The summed E-state index contributed by atoms with van der Waals surface area (Å²) in [5.41, 5.74) is 2.14. The predicted octanol–water partition coefficient (Wildman–Crippen LogP) is 2.08. The van der Waals surface area contributed by atoms with Crippen molar-refractivity contribution in [3.05, 3.63) is 17.5 Å². The molecule has 6 nitrogen and oxygen atoms in total. The molecule has 148 valence electrons. The first kappa shape index (κ1) is 20.5. The highest BCUT2D eigenvalue weighted by Gasteiger charge is 2.34. The summed E-state index contributed by atoms with van der Waals surface area (Å²) in [6, 6.07) is 2.04. The Kier molecular flexibility index (Phi) is 7.31. The molecule has 1 aliphatic rings. The molecule has 1 aromatic heterocycles. The van der Waals surface area contributed by atoms with Crippen molar-refractivity contribution in [2.45, 2.75) is 52.4 Å². The third-order valence-electron chi connectivity index (χ3n) is 4.26. The molecule has 1 fully saturated rings. The first-order chi connectivity index (χ1) is 12.3. The Bertz CT molecular complexity index is 596. The van der Waals surface area contributed by atoms with Crippen LogP contribution in [0.3, 0.4) is 0 Å². The van der Waals surface area contributed by atoms with Crippen LogP contribution in [0.1, 0.15) is 31.2 Å². The van der Waals surface area contributed by atoms with E-state index < -0.39 is 12.7 Å². The van der Waals surface area contributed by atoms with Gasteiger partial charge in [0.2, 0.25) is 0 Å². The van der Waals surface area contributed by atoms with E-state index >= 15 is 0 Å². The lowest BCUT2D eigenvalue weighted by molar-refractivity contribution is -0.143. The Morgan fingerprint density at radius 3 is 2.77 bits per heavy atom. The van der Waals surface area contributed by atoms with Crippen molar-refractivity contribution in [2.75, 3.05) is 32.7 Å². The Morgan fingerprint density at radius 2 is 2.15 bits per heavy atom. The van der Waals surface area contributed by atoms with Crippen LogP contribution in [0.4, 0.5) is 13.2 Å². The molecule has 0 saturated carbocycles. The van der Waals surface area contributed by atoms with E-state index in [1.54, 1.807) is 0 Å². The maximum Gasteiger partial charge on any atom is 0.401 e. The zero-order valence-electron chi connectivity index (χ0n) is 15.7. The van der Waals surface area contributed by atoms with E-state index in [-0.39, 0.29) is 6.04 Å². The van der Waals surface area contributed by atoms with Crippen molar-refractivity contribution in [3.8, 4) is 0 Å². The van der Waals surface area contributed by atoms with Gasteiger partial charge in [0, 0.05) is 44.5 Å². The summed E-state index contributed by atoms with van der Waals surface area (Å²) in [6.07, 6.45) is -2.61. The first-order valence-electron chi connectivity index (χ1n) is 9.12. The number of guanidine groups is 1. The van der Waals surface area contributed by atoms with E-state index in [2.05, 4.69) is 20.7 Å². The van der Waals surface area contributed by atoms with E-state index in [4.69, 9.17) is 0 Å². The first-order valence-corrected chi connectivity index (χ1v) is 9.12. The van der Waals surface area contributed by atoms with Crippen LogP contribution in [0.15, 0.2) is 11.1 Å². The fourth-order valence-electron chi connectivity index (χ4n) is 3.17. The summed E-state index contributed by atoms with van der Waals surface area (Å²) >= 11 is 0. The lowest BCUT2D eigenvalue weighted by atomic mass is 10.3. The van der Waals surface area contributed by atoms with Crippen molar-refractivity contribution in [1.29, 1.82) is 0 Å². The quantitative estimate of drug-likeness (QED) is 0.436. The van der Waals surface area contributed by atoms with Crippen LogP contribution in [-0.4, -0.2) is 65.6 Å². The maximum absolute atomic E-state index is 12.5. The molecule has 9 heteroatoms. The minimum absolute atomic E-state index is 0.00819. The molecule has 0 bridgehead atoms. The zero-order chi connectivity index (χ0) is 19.2. The Labute approximate surface area is 152 Å². The summed E-state index contributed by atoms with van der Waals surface area (Å²) in [7, 11) is 0. The number of likely N-dealkylation sites (tertiary alicyclic amines) is 1. The molecule has 1 unspecified atom stereocenters. The number of hydrogen-bond acceptors (Lipinski definition) is 3. The van der Waals surface area contributed by atoms with Gasteiger partial charge in [-0.1, -0.05) is 0 Å². The molecular formula is C17H29F3N6. The molecule has 1 aliphatic heterocycles. The van der Waals surface area contributed by atoms with Gasteiger partial charge in [-0.05, 0) is 39.7 Å². The topological polar surface area (TPSA) is 57.5 Å². The minimum atomic E-state index is -4.14. The van der Waals surface area contributed by atoms with Crippen molar-refractivity contribution < 1.29 is 13.2 Å². The van der Waals surface area contributed by atoms with Gasteiger partial charge in [0.25, 0.3) is 0 Å². The number of aryl methyl sites for hydroxylation is 3. The second-order valence-corrected chi connectivity index (χ2v) is 6.74. The zero-order valence-corrected chi connectivity index (χ0v) is 15.7. The van der Waals surface area contributed by atoms with Crippen LogP contribution >= 0.6 is 0 Å². The predicted molar refractivity (Wildman–Crippen MR) is 96.3 cm³/mol. The second-order valence-electron chi connectivity index (χ2n) is 6.74. The van der Waals surface area contributed by atoms with Crippen molar-refractivity contribution in [1.82, 2.24) is 25.3 Å². The largest absolute Gasteiger partial charge is 0.401 e. The molecule has 2 rings (SSSR count). The van der Waals surface area contributed by atoms with Crippen LogP contribution in [0.25, 0.3) is 0 Å². The summed E-state index contributed by atoms with van der Waals surface area (Å²) in [4.78, 5) is 5.98. The van der Waals surface area contributed by atoms with E-state index in [1.807, 2.05) is 31.5 Å². The monoisotopic (exact) mass is 374 g/mol. The van der Waals surface area contributed by atoms with Crippen molar-refractivity contribution in [2.24, 2.45) is 4.99 Å². The molecule has 26 heavy (non-hydrogen) atoms. The number of rotatable bonds is 7. The van der Waals surface area contributed by atoms with E-state index in [9.17, 15) is 13.2 Å². The molecule has 2 N–H and O–H groups in total. The van der Waals surface area contributed by atoms with Crippen LogP contribution in [0, 0.1) is 13.8 Å². The average Bonchev–Trinajstić information content (AvgIpc) is 3.08. The molecule has 1 atom stereocenters. The van der Waals surface area contributed by atoms with Gasteiger partial charge in [0.1, 0.15) is 0 Å². The second kappa shape index (κ2) is 9.25. The molecule has 1 saturated heterocycles. The van der Waals surface area contributed by atoms with Crippen molar-refractivity contribution in [3.63, 3.8) is 0 Å². The average molecular weight is 374 g/mol. The summed E-state index contributed by atoms with van der Waals surface area (Å²) < 4.78 is 39.4. The molecule has 0 amide bonds. The van der Waals surface area contributed by atoms with Gasteiger partial charge in [0.05, 0.1) is 12.2 Å². The fraction of sp³-hybridized carbons (Fsp3) is 0.765. The summed E-state index contributed by atoms with van der Waals surface area (Å²) in [5, 5.41) is 10.8. The van der Waals surface area contributed by atoms with Gasteiger partial charge in [-0.25, -0.2) is 0 Å². The van der Waals surface area contributed by atoms with Gasteiger partial charge in [-0.15, -0.1) is 0 Å².